The van der Waals surface area contributed by atoms with Crippen molar-refractivity contribution in [3.05, 3.63) is 33.8 Å². The number of aryl methyl sites for hydroxylation is 1. The van der Waals surface area contributed by atoms with Gasteiger partial charge in [-0.3, -0.25) is 0 Å². The van der Waals surface area contributed by atoms with Crippen molar-refractivity contribution in [2.75, 3.05) is 0 Å². The third-order valence-corrected chi connectivity index (χ3v) is 4.95. The molecule has 1 saturated carbocycles. The molecule has 1 aromatic rings. The van der Waals surface area contributed by atoms with E-state index in [0.717, 1.165) is 18.5 Å². The van der Waals surface area contributed by atoms with Gasteiger partial charge in [0.2, 0.25) is 0 Å². The van der Waals surface area contributed by atoms with Gasteiger partial charge in [-0.1, -0.05) is 41.4 Å². The maximum absolute atomic E-state index is 3.71. The second-order valence-electron chi connectivity index (χ2n) is 5.60. The molecule has 0 atom stereocenters. The fourth-order valence-electron chi connectivity index (χ4n) is 2.82. The quantitative estimate of drug-likeness (QED) is 0.841. The average Bonchev–Trinajstić information content (AvgIpc) is 2.38. The highest BCUT2D eigenvalue weighted by Gasteiger charge is 2.19. The molecule has 1 aliphatic rings. The molecule has 0 aliphatic heterocycles. The van der Waals surface area contributed by atoms with Crippen molar-refractivity contribution in [1.82, 2.24) is 5.32 Å². The predicted molar refractivity (Wildman–Crippen MR) is 81.8 cm³/mol. The van der Waals surface area contributed by atoms with Crippen molar-refractivity contribution in [2.24, 2.45) is 5.92 Å². The fraction of sp³-hybridized carbons (Fsp3) is 0.625. The molecule has 0 spiro atoms. The molecule has 1 fully saturated rings. The zero-order valence-corrected chi connectivity index (χ0v) is 13.1. The molecule has 18 heavy (non-hydrogen) atoms. The van der Waals surface area contributed by atoms with Gasteiger partial charge in [0.1, 0.15) is 0 Å². The van der Waals surface area contributed by atoms with Crippen LogP contribution in [0.3, 0.4) is 0 Å². The van der Waals surface area contributed by atoms with Gasteiger partial charge >= 0.3 is 0 Å². The molecule has 1 nitrogen and oxygen atoms in total. The van der Waals surface area contributed by atoms with E-state index in [0.29, 0.717) is 0 Å². The lowest BCUT2D eigenvalue weighted by atomic mass is 9.84. The van der Waals surface area contributed by atoms with Crippen molar-refractivity contribution in [3.63, 3.8) is 0 Å². The van der Waals surface area contributed by atoms with Crippen LogP contribution in [0.2, 0.25) is 0 Å². The molecule has 2 heteroatoms. The van der Waals surface area contributed by atoms with Crippen LogP contribution in [0.25, 0.3) is 0 Å². The monoisotopic (exact) mass is 309 g/mol. The van der Waals surface area contributed by atoms with E-state index in [1.54, 1.807) is 0 Å². The van der Waals surface area contributed by atoms with Gasteiger partial charge < -0.3 is 5.32 Å². The first-order chi connectivity index (χ1) is 8.69. The minimum absolute atomic E-state index is 0.723. The highest BCUT2D eigenvalue weighted by Crippen LogP contribution is 2.27. The second-order valence-corrected chi connectivity index (χ2v) is 6.46. The van der Waals surface area contributed by atoms with Crippen LogP contribution in [0.4, 0.5) is 0 Å². The maximum atomic E-state index is 3.71. The summed E-state index contributed by atoms with van der Waals surface area (Å²) in [6.07, 6.45) is 6.87. The largest absolute Gasteiger partial charge is 0.310 e. The minimum atomic E-state index is 0.723. The van der Waals surface area contributed by atoms with Crippen LogP contribution in [-0.4, -0.2) is 6.04 Å². The van der Waals surface area contributed by atoms with Gasteiger partial charge in [-0.2, -0.15) is 0 Å². The molecule has 0 heterocycles. The molecule has 0 radical (unpaired) electrons. The first-order valence-corrected chi connectivity index (χ1v) is 7.96. The van der Waals surface area contributed by atoms with Gasteiger partial charge in [0.25, 0.3) is 0 Å². The molecule has 2 rings (SSSR count). The van der Waals surface area contributed by atoms with Gasteiger partial charge in [-0.05, 0) is 55.7 Å². The molecule has 0 bridgehead atoms. The number of halogens is 1. The van der Waals surface area contributed by atoms with Gasteiger partial charge in [-0.25, -0.2) is 0 Å². The summed E-state index contributed by atoms with van der Waals surface area (Å²) >= 11 is 3.65. The van der Waals surface area contributed by atoms with Crippen LogP contribution in [0, 0.1) is 12.8 Å². The topological polar surface area (TPSA) is 12.0 Å². The first-order valence-electron chi connectivity index (χ1n) is 7.17. The Labute approximate surface area is 119 Å². The van der Waals surface area contributed by atoms with E-state index in [1.807, 2.05) is 0 Å². The van der Waals surface area contributed by atoms with Crippen molar-refractivity contribution in [3.8, 4) is 0 Å². The van der Waals surface area contributed by atoms with E-state index in [9.17, 15) is 0 Å². The summed E-state index contributed by atoms with van der Waals surface area (Å²) in [5.74, 6) is 0.981. The number of nitrogens with one attached hydrogen (secondary N) is 1. The van der Waals surface area contributed by atoms with Crippen LogP contribution in [0.1, 0.15) is 50.2 Å². The third-order valence-electron chi connectivity index (χ3n) is 4.21. The Kier molecular flexibility index (Phi) is 5.25. The minimum Gasteiger partial charge on any atom is -0.310 e. The molecular weight excluding hydrogens is 286 g/mol. The third kappa shape index (κ3) is 3.83. The molecule has 0 saturated heterocycles. The highest BCUT2D eigenvalue weighted by molar-refractivity contribution is 9.10. The van der Waals surface area contributed by atoms with E-state index in [4.69, 9.17) is 0 Å². The SMILES string of the molecule is CCC1CCC(NCc2ccc(C)cc2Br)CC1. The van der Waals surface area contributed by atoms with Crippen LogP contribution in [0.15, 0.2) is 22.7 Å². The Bertz CT molecular complexity index is 381. The van der Waals surface area contributed by atoms with Crippen LogP contribution in [-0.2, 0) is 6.54 Å². The van der Waals surface area contributed by atoms with E-state index in [2.05, 4.69) is 53.3 Å². The highest BCUT2D eigenvalue weighted by atomic mass is 79.9. The lowest BCUT2D eigenvalue weighted by molar-refractivity contribution is 0.285. The normalized spacial score (nSPS) is 24.2. The summed E-state index contributed by atoms with van der Waals surface area (Å²) in [5.41, 5.74) is 2.69. The Morgan fingerprint density at radius 3 is 2.56 bits per heavy atom. The lowest BCUT2D eigenvalue weighted by Gasteiger charge is -2.28. The number of benzene rings is 1. The Morgan fingerprint density at radius 2 is 1.94 bits per heavy atom. The molecule has 0 amide bonds. The fourth-order valence-corrected chi connectivity index (χ4v) is 3.46. The number of hydrogen-bond donors (Lipinski definition) is 1. The summed E-state index contributed by atoms with van der Waals surface area (Å²) < 4.78 is 1.23. The maximum Gasteiger partial charge on any atom is 0.0222 e. The zero-order chi connectivity index (χ0) is 13.0. The average molecular weight is 310 g/mol. The lowest BCUT2D eigenvalue weighted by Crippen LogP contribution is -2.32. The molecule has 1 aliphatic carbocycles. The predicted octanol–water partition coefficient (Wildman–Crippen LogP) is 4.82. The summed E-state index contributed by atoms with van der Waals surface area (Å²) in [4.78, 5) is 0. The van der Waals surface area contributed by atoms with Gasteiger partial charge in [0, 0.05) is 17.1 Å². The van der Waals surface area contributed by atoms with Crippen molar-refractivity contribution >= 4 is 15.9 Å². The van der Waals surface area contributed by atoms with Crippen LogP contribution >= 0.6 is 15.9 Å². The Morgan fingerprint density at radius 1 is 1.22 bits per heavy atom. The van der Waals surface area contributed by atoms with E-state index < -0.39 is 0 Å². The van der Waals surface area contributed by atoms with E-state index >= 15 is 0 Å². The summed E-state index contributed by atoms with van der Waals surface area (Å²) in [5, 5.41) is 3.71. The zero-order valence-electron chi connectivity index (χ0n) is 11.5. The van der Waals surface area contributed by atoms with Crippen molar-refractivity contribution in [1.29, 1.82) is 0 Å². The Hall–Kier alpha value is -0.340. The van der Waals surface area contributed by atoms with E-state index in [-0.39, 0.29) is 0 Å². The summed E-state index contributed by atoms with van der Waals surface area (Å²) in [6, 6.07) is 7.34. The molecule has 100 valence electrons. The smallest absolute Gasteiger partial charge is 0.0222 e. The standard InChI is InChI=1S/C16H24BrN/c1-3-13-5-8-15(9-6-13)18-11-14-7-4-12(2)10-16(14)17/h4,7,10,13,15,18H,3,5-6,8-9,11H2,1-2H3. The van der Waals surface area contributed by atoms with Gasteiger partial charge in [0.15, 0.2) is 0 Å². The summed E-state index contributed by atoms with van der Waals surface area (Å²) in [7, 11) is 0. The summed E-state index contributed by atoms with van der Waals surface area (Å²) in [6.45, 7) is 5.44. The number of hydrogen-bond acceptors (Lipinski definition) is 1. The number of rotatable bonds is 4. The molecular formula is C16H24BrN. The second kappa shape index (κ2) is 6.72. The molecule has 1 aromatic carbocycles. The first kappa shape index (κ1) is 14.1. The van der Waals surface area contributed by atoms with Crippen LogP contribution < -0.4 is 5.32 Å². The molecule has 1 N–H and O–H groups in total. The van der Waals surface area contributed by atoms with Crippen molar-refractivity contribution < 1.29 is 0 Å². The van der Waals surface area contributed by atoms with Gasteiger partial charge in [-0.15, -0.1) is 0 Å². The van der Waals surface area contributed by atoms with E-state index in [1.165, 1.54) is 47.7 Å². The van der Waals surface area contributed by atoms with Crippen LogP contribution in [0.5, 0.6) is 0 Å². The molecule has 0 unspecified atom stereocenters. The Balaban J connectivity index is 1.81. The molecule has 0 aromatic heterocycles. The van der Waals surface area contributed by atoms with Gasteiger partial charge in [0.05, 0.1) is 0 Å². The van der Waals surface area contributed by atoms with Crippen molar-refractivity contribution in [2.45, 2.75) is 58.5 Å².